The molecule has 0 aliphatic rings. The fourth-order valence-electron chi connectivity index (χ4n) is 1.27. The minimum atomic E-state index is -0.0775. The molecule has 0 bridgehead atoms. The van der Waals surface area contributed by atoms with Gasteiger partial charge in [0.2, 0.25) is 0 Å². The molecule has 0 aliphatic carbocycles. The Kier molecular flexibility index (Phi) is 2.34. The lowest BCUT2D eigenvalue weighted by Crippen LogP contribution is -2.15. The van der Waals surface area contributed by atoms with E-state index in [1.165, 1.54) is 6.33 Å². The first kappa shape index (κ1) is 10.5. The van der Waals surface area contributed by atoms with Crippen molar-refractivity contribution in [3.63, 3.8) is 0 Å². The van der Waals surface area contributed by atoms with Crippen LogP contribution in [0.1, 0.15) is 26.5 Å². The highest BCUT2D eigenvalue weighted by atomic mass is 15.2. The number of hydrogen-bond acceptors (Lipinski definition) is 5. The molecule has 3 N–H and O–H groups in total. The molecule has 0 atom stereocenters. The highest BCUT2D eigenvalue weighted by Gasteiger charge is 2.18. The fourth-order valence-corrected chi connectivity index (χ4v) is 1.27. The van der Waals surface area contributed by atoms with Crippen molar-refractivity contribution in [1.29, 1.82) is 0 Å². The lowest BCUT2D eigenvalue weighted by molar-refractivity contribution is 0.568. The second kappa shape index (κ2) is 3.55. The smallest absolute Gasteiger partial charge is 0.199 e. The molecule has 0 spiro atoms. The Morgan fingerprint density at radius 1 is 1.25 bits per heavy atom. The van der Waals surface area contributed by atoms with Crippen molar-refractivity contribution in [2.75, 3.05) is 5.73 Å². The number of nitrogen functional groups attached to an aromatic ring is 1. The summed E-state index contributed by atoms with van der Waals surface area (Å²) in [7, 11) is 0. The van der Waals surface area contributed by atoms with Crippen LogP contribution < -0.4 is 5.73 Å². The van der Waals surface area contributed by atoms with E-state index < -0.39 is 0 Å². The van der Waals surface area contributed by atoms with Gasteiger partial charge in [-0.05, 0) is 0 Å². The number of nitrogens with two attached hydrogens (primary N) is 1. The highest BCUT2D eigenvalue weighted by molar-refractivity contribution is 5.47. The quantitative estimate of drug-likeness (QED) is 0.748. The van der Waals surface area contributed by atoms with E-state index >= 15 is 0 Å². The van der Waals surface area contributed by atoms with Crippen LogP contribution in [0, 0.1) is 0 Å². The van der Waals surface area contributed by atoms with Crippen molar-refractivity contribution in [2.45, 2.75) is 26.2 Å². The van der Waals surface area contributed by atoms with Gasteiger partial charge < -0.3 is 5.73 Å². The Balaban J connectivity index is 2.53. The van der Waals surface area contributed by atoms with Crippen LogP contribution in [0.3, 0.4) is 0 Å². The lowest BCUT2D eigenvalue weighted by Gasteiger charge is -2.18. The minimum absolute atomic E-state index is 0.0775. The Hall–Kier alpha value is -1.98. The van der Waals surface area contributed by atoms with Crippen LogP contribution in [0.5, 0.6) is 0 Å². The SMILES string of the molecule is CC(C)(C)c1cc(N)nc(-c2ncn[nH]2)n1. The van der Waals surface area contributed by atoms with E-state index in [9.17, 15) is 0 Å². The molecule has 0 amide bonds. The fraction of sp³-hybridized carbons (Fsp3) is 0.400. The summed E-state index contributed by atoms with van der Waals surface area (Å²) in [5, 5.41) is 6.48. The Bertz CT molecular complexity index is 483. The summed E-state index contributed by atoms with van der Waals surface area (Å²) < 4.78 is 0. The van der Waals surface area contributed by atoms with Gasteiger partial charge in [-0.15, -0.1) is 0 Å². The van der Waals surface area contributed by atoms with E-state index in [-0.39, 0.29) is 5.41 Å². The van der Waals surface area contributed by atoms with Gasteiger partial charge in [-0.25, -0.2) is 15.0 Å². The van der Waals surface area contributed by atoms with Crippen LogP contribution in [-0.4, -0.2) is 25.1 Å². The molecule has 6 heteroatoms. The Morgan fingerprint density at radius 3 is 2.56 bits per heavy atom. The molecular weight excluding hydrogens is 204 g/mol. The van der Waals surface area contributed by atoms with Crippen molar-refractivity contribution in [2.24, 2.45) is 0 Å². The van der Waals surface area contributed by atoms with Crippen LogP contribution in [0.4, 0.5) is 5.82 Å². The first-order valence-corrected chi connectivity index (χ1v) is 4.97. The molecule has 0 saturated heterocycles. The van der Waals surface area contributed by atoms with Gasteiger partial charge in [-0.3, -0.25) is 5.10 Å². The first-order valence-electron chi connectivity index (χ1n) is 4.97. The molecule has 16 heavy (non-hydrogen) atoms. The molecule has 2 rings (SSSR count). The second-order valence-corrected chi connectivity index (χ2v) is 4.59. The summed E-state index contributed by atoms with van der Waals surface area (Å²) in [5.74, 6) is 1.44. The van der Waals surface area contributed by atoms with E-state index in [2.05, 4.69) is 45.9 Å². The van der Waals surface area contributed by atoms with E-state index in [0.717, 1.165) is 5.69 Å². The molecule has 0 aliphatic heterocycles. The van der Waals surface area contributed by atoms with Gasteiger partial charge in [0.1, 0.15) is 12.1 Å². The maximum Gasteiger partial charge on any atom is 0.199 e. The third kappa shape index (κ3) is 2.00. The number of aromatic amines is 1. The predicted octanol–water partition coefficient (Wildman–Crippen LogP) is 1.14. The van der Waals surface area contributed by atoms with Crippen LogP contribution in [-0.2, 0) is 5.41 Å². The average molecular weight is 218 g/mol. The number of H-pyrrole nitrogens is 1. The van der Waals surface area contributed by atoms with Gasteiger partial charge in [-0.1, -0.05) is 20.8 Å². The summed E-state index contributed by atoms with van der Waals surface area (Å²) in [6.45, 7) is 6.21. The molecule has 2 aromatic heterocycles. The van der Waals surface area contributed by atoms with E-state index in [4.69, 9.17) is 5.73 Å². The minimum Gasteiger partial charge on any atom is -0.384 e. The summed E-state index contributed by atoms with van der Waals surface area (Å²) in [4.78, 5) is 12.5. The number of rotatable bonds is 1. The van der Waals surface area contributed by atoms with Gasteiger partial charge >= 0.3 is 0 Å². The van der Waals surface area contributed by atoms with Crippen LogP contribution in [0.2, 0.25) is 0 Å². The standard InChI is InChI=1S/C10H14N6/c1-10(2,3)6-4-7(11)15-9(14-6)8-12-5-13-16-8/h4-5H,1-3H3,(H2,11,14,15)(H,12,13,16). The van der Waals surface area contributed by atoms with Crippen LogP contribution in [0.15, 0.2) is 12.4 Å². The lowest BCUT2D eigenvalue weighted by atomic mass is 9.92. The first-order chi connectivity index (χ1) is 7.47. The maximum atomic E-state index is 5.75. The zero-order valence-electron chi connectivity index (χ0n) is 9.52. The maximum absolute atomic E-state index is 5.75. The number of aromatic nitrogens is 5. The van der Waals surface area contributed by atoms with Crippen LogP contribution >= 0.6 is 0 Å². The van der Waals surface area contributed by atoms with Gasteiger partial charge in [0.05, 0.1) is 5.69 Å². The topological polar surface area (TPSA) is 93.4 Å². The van der Waals surface area contributed by atoms with Gasteiger partial charge in [0.25, 0.3) is 0 Å². The van der Waals surface area contributed by atoms with E-state index in [0.29, 0.717) is 17.5 Å². The molecule has 0 unspecified atom stereocenters. The Morgan fingerprint density at radius 2 is 2.00 bits per heavy atom. The third-order valence-corrected chi connectivity index (χ3v) is 2.14. The van der Waals surface area contributed by atoms with Gasteiger partial charge in [0, 0.05) is 11.5 Å². The number of hydrogen-bond donors (Lipinski definition) is 2. The van der Waals surface area contributed by atoms with Crippen molar-refractivity contribution in [1.82, 2.24) is 25.1 Å². The number of nitrogens with zero attached hydrogens (tertiary/aromatic N) is 4. The molecule has 0 aromatic carbocycles. The van der Waals surface area contributed by atoms with E-state index in [1.807, 2.05) is 0 Å². The second-order valence-electron chi connectivity index (χ2n) is 4.59. The average Bonchev–Trinajstić information content (AvgIpc) is 2.68. The molecule has 0 saturated carbocycles. The largest absolute Gasteiger partial charge is 0.384 e. The Labute approximate surface area is 93.3 Å². The number of nitrogens with one attached hydrogen (secondary N) is 1. The van der Waals surface area contributed by atoms with Crippen molar-refractivity contribution in [3.8, 4) is 11.6 Å². The molecule has 6 nitrogen and oxygen atoms in total. The van der Waals surface area contributed by atoms with Crippen molar-refractivity contribution >= 4 is 5.82 Å². The monoisotopic (exact) mass is 218 g/mol. The molecule has 0 radical (unpaired) electrons. The summed E-state index contributed by atoms with van der Waals surface area (Å²) >= 11 is 0. The summed E-state index contributed by atoms with van der Waals surface area (Å²) in [5.41, 5.74) is 6.55. The zero-order valence-corrected chi connectivity index (χ0v) is 9.52. The zero-order chi connectivity index (χ0) is 11.8. The molecule has 0 fully saturated rings. The normalized spacial score (nSPS) is 11.7. The summed E-state index contributed by atoms with van der Waals surface area (Å²) in [6.07, 6.45) is 1.42. The molecular formula is C10H14N6. The number of anilines is 1. The van der Waals surface area contributed by atoms with Crippen LogP contribution in [0.25, 0.3) is 11.6 Å². The van der Waals surface area contributed by atoms with Crippen molar-refractivity contribution in [3.05, 3.63) is 18.1 Å². The molecule has 2 aromatic rings. The predicted molar refractivity (Wildman–Crippen MR) is 60.5 cm³/mol. The van der Waals surface area contributed by atoms with E-state index in [1.54, 1.807) is 6.07 Å². The third-order valence-electron chi connectivity index (χ3n) is 2.14. The molecule has 2 heterocycles. The van der Waals surface area contributed by atoms with Gasteiger partial charge in [0.15, 0.2) is 11.6 Å². The summed E-state index contributed by atoms with van der Waals surface area (Å²) in [6, 6.07) is 1.78. The molecule has 84 valence electrons. The highest BCUT2D eigenvalue weighted by Crippen LogP contribution is 2.23. The van der Waals surface area contributed by atoms with Crippen molar-refractivity contribution < 1.29 is 0 Å². The van der Waals surface area contributed by atoms with Gasteiger partial charge in [-0.2, -0.15) is 5.10 Å².